The fourth-order valence-electron chi connectivity index (χ4n) is 3.81. The van der Waals surface area contributed by atoms with Gasteiger partial charge in [-0.05, 0) is 55.7 Å². The lowest BCUT2D eigenvalue weighted by Crippen LogP contribution is -2.53. The van der Waals surface area contributed by atoms with Crippen LogP contribution in [0.4, 0.5) is 0 Å². The van der Waals surface area contributed by atoms with Crippen molar-refractivity contribution < 1.29 is 4.79 Å². The number of carbonyl (C=O) groups excluding carboxylic acids is 1. The average molecular weight is 420 g/mol. The normalized spacial score (nSPS) is 28.2. The molecule has 4 heteroatoms. The van der Waals surface area contributed by atoms with E-state index in [0.29, 0.717) is 0 Å². The molecular formula is C21H26BrNOS. The fraction of sp³-hybridized carbons (Fsp3) is 0.476. The van der Waals surface area contributed by atoms with Crippen LogP contribution >= 0.6 is 27.7 Å². The Labute approximate surface area is 163 Å². The molecule has 0 saturated heterocycles. The van der Waals surface area contributed by atoms with Gasteiger partial charge in [-0.2, -0.15) is 0 Å². The van der Waals surface area contributed by atoms with E-state index in [1.54, 1.807) is 11.8 Å². The third-order valence-corrected chi connectivity index (χ3v) is 7.25. The molecule has 0 N–H and O–H groups in total. The van der Waals surface area contributed by atoms with Crippen molar-refractivity contribution in [1.29, 1.82) is 0 Å². The monoisotopic (exact) mass is 419 g/mol. The smallest absolute Gasteiger partial charge is 0.238 e. The molecule has 1 aromatic carbocycles. The van der Waals surface area contributed by atoms with Crippen molar-refractivity contribution in [3.05, 3.63) is 58.1 Å². The molecule has 2 atom stereocenters. The minimum absolute atomic E-state index is 0.0702. The number of carbonyl (C=O) groups is 1. The van der Waals surface area contributed by atoms with Crippen LogP contribution in [-0.2, 0) is 11.2 Å². The fourth-order valence-corrected chi connectivity index (χ4v) is 5.49. The molecule has 0 aliphatic carbocycles. The Kier molecular flexibility index (Phi) is 4.74. The first kappa shape index (κ1) is 18.8. The lowest BCUT2D eigenvalue weighted by Gasteiger charge is -2.42. The number of fused-ring (bicyclic) bond motifs is 1. The van der Waals surface area contributed by atoms with Crippen molar-refractivity contribution in [2.45, 2.75) is 51.8 Å². The zero-order valence-corrected chi connectivity index (χ0v) is 17.9. The summed E-state index contributed by atoms with van der Waals surface area (Å²) in [4.78, 5) is 15.7. The highest BCUT2D eigenvalue weighted by molar-refractivity contribution is 9.10. The van der Waals surface area contributed by atoms with Gasteiger partial charge in [0, 0.05) is 21.5 Å². The third-order valence-electron chi connectivity index (χ3n) is 5.13. The number of nitrogens with zero attached hydrogens (tertiary/aromatic N) is 1. The van der Waals surface area contributed by atoms with Crippen molar-refractivity contribution >= 4 is 33.6 Å². The molecule has 0 bridgehead atoms. The van der Waals surface area contributed by atoms with Crippen LogP contribution in [0.2, 0.25) is 0 Å². The predicted molar refractivity (Wildman–Crippen MR) is 110 cm³/mol. The van der Waals surface area contributed by atoms with Crippen LogP contribution in [0.25, 0.3) is 0 Å². The summed E-state index contributed by atoms with van der Waals surface area (Å²) in [5.74, 6) is 0.205. The number of hydrogen-bond donors (Lipinski definition) is 0. The number of amides is 1. The van der Waals surface area contributed by atoms with E-state index in [9.17, 15) is 4.79 Å². The summed E-state index contributed by atoms with van der Waals surface area (Å²) in [5, 5.41) is 2.32. The number of halogens is 1. The first-order valence-electron chi connectivity index (χ1n) is 8.67. The SMILES string of the molecule is CC1(C)C=CN(C(C)(C)C)C(=O)[C@]2(Cc3ccc(Br)cc3)C=CS[C@H]12. The highest BCUT2D eigenvalue weighted by atomic mass is 79.9. The van der Waals surface area contributed by atoms with Crippen molar-refractivity contribution in [1.82, 2.24) is 4.90 Å². The van der Waals surface area contributed by atoms with Crippen LogP contribution in [-0.4, -0.2) is 21.6 Å². The maximum absolute atomic E-state index is 13.8. The zero-order chi connectivity index (χ0) is 18.5. The Morgan fingerprint density at radius 2 is 1.80 bits per heavy atom. The molecular weight excluding hydrogens is 394 g/mol. The van der Waals surface area contributed by atoms with Crippen molar-refractivity contribution in [2.24, 2.45) is 10.8 Å². The van der Waals surface area contributed by atoms with Crippen molar-refractivity contribution in [3.8, 4) is 0 Å². The summed E-state index contributed by atoms with van der Waals surface area (Å²) in [6.45, 7) is 10.8. The van der Waals surface area contributed by atoms with Gasteiger partial charge in [0.25, 0.3) is 0 Å². The summed E-state index contributed by atoms with van der Waals surface area (Å²) < 4.78 is 1.06. The topological polar surface area (TPSA) is 20.3 Å². The van der Waals surface area contributed by atoms with Gasteiger partial charge in [0.05, 0.1) is 5.41 Å². The standard InChI is InChI=1S/C21H26BrNOS/c1-19(2,3)23-12-10-20(4,5)17-21(18(23)24,11-13-25-17)14-15-6-8-16(22)9-7-15/h6-13,17H,14H2,1-5H3/t17-,21+/m1/s1. The van der Waals surface area contributed by atoms with E-state index in [0.717, 1.165) is 10.9 Å². The Morgan fingerprint density at radius 1 is 1.16 bits per heavy atom. The molecule has 0 radical (unpaired) electrons. The Hall–Kier alpha value is -1.00. The number of thioether (sulfide) groups is 1. The molecule has 0 aromatic heterocycles. The molecule has 3 rings (SSSR count). The minimum Gasteiger partial charge on any atom is -0.313 e. The van der Waals surface area contributed by atoms with Crippen LogP contribution in [0.3, 0.4) is 0 Å². The summed E-state index contributed by atoms with van der Waals surface area (Å²) >= 11 is 5.30. The van der Waals surface area contributed by atoms with Gasteiger partial charge >= 0.3 is 0 Å². The van der Waals surface area contributed by atoms with Gasteiger partial charge in [-0.15, -0.1) is 11.8 Å². The van der Waals surface area contributed by atoms with Crippen LogP contribution in [0.1, 0.15) is 40.2 Å². The number of rotatable bonds is 2. The van der Waals surface area contributed by atoms with Crippen LogP contribution < -0.4 is 0 Å². The maximum Gasteiger partial charge on any atom is 0.238 e. The largest absolute Gasteiger partial charge is 0.313 e. The van der Waals surface area contributed by atoms with E-state index in [1.165, 1.54) is 5.56 Å². The quantitative estimate of drug-likeness (QED) is 0.604. The van der Waals surface area contributed by atoms with Gasteiger partial charge in [-0.3, -0.25) is 4.79 Å². The highest BCUT2D eigenvalue weighted by Crippen LogP contribution is 2.54. The lowest BCUT2D eigenvalue weighted by molar-refractivity contribution is -0.140. The van der Waals surface area contributed by atoms with Crippen molar-refractivity contribution in [2.75, 3.05) is 0 Å². The van der Waals surface area contributed by atoms with Crippen LogP contribution in [0.5, 0.6) is 0 Å². The average Bonchev–Trinajstić information content (AvgIpc) is 2.91. The molecule has 0 saturated carbocycles. The molecule has 134 valence electrons. The Bertz CT molecular complexity index is 729. The molecule has 0 unspecified atom stereocenters. The van der Waals surface area contributed by atoms with E-state index in [2.05, 4.69) is 92.4 Å². The molecule has 0 spiro atoms. The van der Waals surface area contributed by atoms with E-state index in [-0.39, 0.29) is 22.1 Å². The zero-order valence-electron chi connectivity index (χ0n) is 15.5. The van der Waals surface area contributed by atoms with Gasteiger partial charge in [-0.25, -0.2) is 0 Å². The van der Waals surface area contributed by atoms with Gasteiger partial charge < -0.3 is 4.90 Å². The summed E-state index contributed by atoms with van der Waals surface area (Å²) in [5.41, 5.74) is 0.366. The molecule has 2 aliphatic rings. The van der Waals surface area contributed by atoms with Crippen molar-refractivity contribution in [3.63, 3.8) is 0 Å². The number of allylic oxidation sites excluding steroid dienone is 1. The molecule has 2 nitrogen and oxygen atoms in total. The maximum atomic E-state index is 13.8. The second-order valence-electron chi connectivity index (χ2n) is 8.65. The lowest BCUT2D eigenvalue weighted by atomic mass is 9.69. The highest BCUT2D eigenvalue weighted by Gasteiger charge is 2.55. The molecule has 0 fully saturated rings. The van der Waals surface area contributed by atoms with E-state index < -0.39 is 5.41 Å². The predicted octanol–water partition coefficient (Wildman–Crippen LogP) is 5.79. The summed E-state index contributed by atoms with van der Waals surface area (Å²) in [7, 11) is 0. The van der Waals surface area contributed by atoms with Gasteiger partial charge in [-0.1, -0.05) is 54.1 Å². The number of hydrogen-bond acceptors (Lipinski definition) is 2. The van der Waals surface area contributed by atoms with Crippen LogP contribution in [0, 0.1) is 10.8 Å². The first-order valence-corrected chi connectivity index (χ1v) is 10.4. The molecule has 25 heavy (non-hydrogen) atoms. The third kappa shape index (κ3) is 3.35. The second-order valence-corrected chi connectivity index (χ2v) is 10.6. The van der Waals surface area contributed by atoms with Gasteiger partial charge in [0.15, 0.2) is 0 Å². The number of benzene rings is 1. The van der Waals surface area contributed by atoms with E-state index in [1.807, 2.05) is 11.1 Å². The van der Waals surface area contributed by atoms with E-state index >= 15 is 0 Å². The van der Waals surface area contributed by atoms with Gasteiger partial charge in [0.1, 0.15) is 0 Å². The molecule has 1 amide bonds. The minimum atomic E-state index is -0.515. The van der Waals surface area contributed by atoms with E-state index in [4.69, 9.17) is 0 Å². The Balaban J connectivity index is 2.10. The molecule has 1 aromatic rings. The summed E-state index contributed by atoms with van der Waals surface area (Å²) in [6, 6.07) is 8.34. The Morgan fingerprint density at radius 3 is 2.40 bits per heavy atom. The first-order chi connectivity index (χ1) is 11.6. The molecule has 2 heterocycles. The summed E-state index contributed by atoms with van der Waals surface area (Å²) in [6.07, 6.45) is 7.10. The molecule has 2 aliphatic heterocycles. The van der Waals surface area contributed by atoms with Crippen LogP contribution in [0.15, 0.2) is 52.5 Å². The van der Waals surface area contributed by atoms with Gasteiger partial charge in [0.2, 0.25) is 5.91 Å². The second kappa shape index (κ2) is 6.31.